The molecule has 0 fully saturated rings. The van der Waals surface area contributed by atoms with Crippen LogP contribution in [0.4, 0.5) is 0 Å². The van der Waals surface area contributed by atoms with Crippen LogP contribution in [0.15, 0.2) is 109 Å². The highest BCUT2D eigenvalue weighted by atomic mass is 35.5. The van der Waals surface area contributed by atoms with E-state index >= 15 is 0 Å². The second-order valence-corrected chi connectivity index (χ2v) is 9.20. The first-order valence-corrected chi connectivity index (χ1v) is 12.4. The van der Waals surface area contributed by atoms with Crippen molar-refractivity contribution in [3.8, 4) is 22.7 Å². The van der Waals surface area contributed by atoms with E-state index in [1.807, 2.05) is 84.9 Å². The van der Waals surface area contributed by atoms with Crippen LogP contribution in [0.2, 0.25) is 10.0 Å². The number of halogens is 2. The molecule has 0 aliphatic heterocycles. The molecular formula is C30H23Cl2N3O2. The van der Waals surface area contributed by atoms with E-state index in [4.69, 9.17) is 33.0 Å². The molecule has 0 saturated carbocycles. The number of ether oxygens (including phenoxy) is 1. The number of rotatable bonds is 7. The summed E-state index contributed by atoms with van der Waals surface area (Å²) in [5, 5.41) is 8.77. The molecule has 1 aromatic heterocycles. The summed E-state index contributed by atoms with van der Waals surface area (Å²) < 4.78 is 6.96. The first-order chi connectivity index (χ1) is 18.0. The highest BCUT2D eigenvalue weighted by molar-refractivity contribution is 6.42. The van der Waals surface area contributed by atoms with Crippen molar-refractivity contribution in [2.24, 2.45) is 0 Å². The average molecular weight is 528 g/mol. The van der Waals surface area contributed by atoms with E-state index in [1.54, 1.807) is 36.1 Å². The maximum absolute atomic E-state index is 13.9. The molecule has 5 aromatic rings. The number of hydrogen-bond donors (Lipinski definition) is 1. The van der Waals surface area contributed by atoms with Gasteiger partial charge >= 0.3 is 0 Å². The Bertz CT molecular complexity index is 1500. The minimum absolute atomic E-state index is 0.287. The molecule has 184 valence electrons. The van der Waals surface area contributed by atoms with Crippen molar-refractivity contribution in [2.45, 2.75) is 6.04 Å². The SMILES string of the molecule is COc1cccc(-c2cc(C(=O)NC(c3ccccc3)c3ccccc3)n(-c3ccc(Cl)c(Cl)c3)n2)c1. The molecule has 0 saturated heterocycles. The summed E-state index contributed by atoms with van der Waals surface area (Å²) in [6, 6.07) is 33.8. The highest BCUT2D eigenvalue weighted by Gasteiger charge is 2.23. The number of nitrogens with one attached hydrogen (secondary N) is 1. The second-order valence-electron chi connectivity index (χ2n) is 8.38. The van der Waals surface area contributed by atoms with Crippen LogP contribution < -0.4 is 10.1 Å². The normalized spacial score (nSPS) is 10.9. The minimum atomic E-state index is -0.354. The van der Waals surface area contributed by atoms with Gasteiger partial charge in [-0.3, -0.25) is 4.79 Å². The van der Waals surface area contributed by atoms with Crippen molar-refractivity contribution in [3.05, 3.63) is 136 Å². The molecular weight excluding hydrogens is 505 g/mol. The second kappa shape index (κ2) is 10.9. The number of carbonyl (C=O) groups is 1. The van der Waals surface area contributed by atoms with E-state index in [0.29, 0.717) is 32.9 Å². The van der Waals surface area contributed by atoms with Crippen molar-refractivity contribution >= 4 is 29.1 Å². The Morgan fingerprint density at radius 2 is 1.49 bits per heavy atom. The van der Waals surface area contributed by atoms with Gasteiger partial charge in [-0.15, -0.1) is 0 Å². The van der Waals surface area contributed by atoms with E-state index in [1.165, 1.54) is 0 Å². The van der Waals surface area contributed by atoms with Crippen molar-refractivity contribution in [1.29, 1.82) is 0 Å². The molecule has 0 aliphatic carbocycles. The highest BCUT2D eigenvalue weighted by Crippen LogP contribution is 2.29. The van der Waals surface area contributed by atoms with Crippen molar-refractivity contribution in [3.63, 3.8) is 0 Å². The van der Waals surface area contributed by atoms with Crippen molar-refractivity contribution < 1.29 is 9.53 Å². The molecule has 1 amide bonds. The maximum atomic E-state index is 13.9. The summed E-state index contributed by atoms with van der Waals surface area (Å²) in [5.41, 5.74) is 4.34. The van der Waals surface area contributed by atoms with Gasteiger partial charge in [-0.05, 0) is 47.5 Å². The van der Waals surface area contributed by atoms with E-state index < -0.39 is 0 Å². The lowest BCUT2D eigenvalue weighted by Crippen LogP contribution is -2.31. The van der Waals surface area contributed by atoms with Gasteiger partial charge in [0.05, 0.1) is 34.6 Å². The smallest absolute Gasteiger partial charge is 0.270 e. The summed E-state index contributed by atoms with van der Waals surface area (Å²) in [5.74, 6) is 0.409. The number of amides is 1. The Morgan fingerprint density at radius 3 is 2.11 bits per heavy atom. The fraction of sp³-hybridized carbons (Fsp3) is 0.0667. The molecule has 4 aromatic carbocycles. The van der Waals surface area contributed by atoms with Crippen LogP contribution in [0.1, 0.15) is 27.7 Å². The molecule has 0 aliphatic rings. The summed E-state index contributed by atoms with van der Waals surface area (Å²) in [6.07, 6.45) is 0. The first kappa shape index (κ1) is 24.6. The monoisotopic (exact) mass is 527 g/mol. The molecule has 0 spiro atoms. The summed E-state index contributed by atoms with van der Waals surface area (Å²) in [7, 11) is 1.61. The fourth-order valence-corrected chi connectivity index (χ4v) is 4.43. The largest absolute Gasteiger partial charge is 0.497 e. The molecule has 0 unspecified atom stereocenters. The Balaban J connectivity index is 1.59. The fourth-order valence-electron chi connectivity index (χ4n) is 4.14. The number of carbonyl (C=O) groups excluding carboxylic acids is 1. The molecule has 0 bridgehead atoms. The number of aromatic nitrogens is 2. The van der Waals surface area contributed by atoms with Crippen LogP contribution in [-0.2, 0) is 0 Å². The number of nitrogens with zero attached hydrogens (tertiary/aromatic N) is 2. The zero-order chi connectivity index (χ0) is 25.8. The van der Waals surface area contributed by atoms with Gasteiger partial charge < -0.3 is 10.1 Å². The predicted octanol–water partition coefficient (Wildman–Crippen LogP) is 7.37. The molecule has 37 heavy (non-hydrogen) atoms. The van der Waals surface area contributed by atoms with Gasteiger partial charge in [0.1, 0.15) is 11.4 Å². The zero-order valence-corrected chi connectivity index (χ0v) is 21.4. The molecule has 7 heteroatoms. The van der Waals surface area contributed by atoms with Gasteiger partial charge in [-0.1, -0.05) is 96.0 Å². The standard InChI is InChI=1S/C30H23Cl2N3O2/c1-37-24-14-8-13-22(17-24)27-19-28(35(34-27)23-15-16-25(31)26(32)18-23)30(36)33-29(20-9-4-2-5-10-20)21-11-6-3-7-12-21/h2-19,29H,1H3,(H,33,36). The first-order valence-electron chi connectivity index (χ1n) is 11.6. The summed E-state index contributed by atoms with van der Waals surface area (Å²) >= 11 is 12.5. The van der Waals surface area contributed by atoms with Crippen LogP contribution in [-0.4, -0.2) is 22.8 Å². The third-order valence-corrected chi connectivity index (χ3v) is 6.74. The lowest BCUT2D eigenvalue weighted by atomic mass is 9.98. The maximum Gasteiger partial charge on any atom is 0.270 e. The van der Waals surface area contributed by atoms with Crippen LogP contribution in [0.3, 0.4) is 0 Å². The predicted molar refractivity (Wildman–Crippen MR) is 148 cm³/mol. The molecule has 0 radical (unpaired) electrons. The van der Waals surface area contributed by atoms with E-state index in [2.05, 4.69) is 5.32 Å². The quantitative estimate of drug-likeness (QED) is 0.240. The van der Waals surface area contributed by atoms with Crippen LogP contribution in [0.25, 0.3) is 16.9 Å². The van der Waals surface area contributed by atoms with Crippen molar-refractivity contribution in [1.82, 2.24) is 15.1 Å². The van der Waals surface area contributed by atoms with E-state index in [9.17, 15) is 4.79 Å². The Hall–Kier alpha value is -4.06. The number of hydrogen-bond acceptors (Lipinski definition) is 3. The van der Waals surface area contributed by atoms with Gasteiger partial charge in [-0.2, -0.15) is 5.10 Å². The van der Waals surface area contributed by atoms with Gasteiger partial charge in [0.25, 0.3) is 5.91 Å². The van der Waals surface area contributed by atoms with Gasteiger partial charge in [0.2, 0.25) is 0 Å². The Morgan fingerprint density at radius 1 is 0.811 bits per heavy atom. The molecule has 1 N–H and O–H groups in total. The molecule has 0 atom stereocenters. The van der Waals surface area contributed by atoms with Crippen molar-refractivity contribution in [2.75, 3.05) is 7.11 Å². The third-order valence-electron chi connectivity index (χ3n) is 6.00. The Kier molecular flexibility index (Phi) is 7.26. The van der Waals surface area contributed by atoms with E-state index in [-0.39, 0.29) is 11.9 Å². The van der Waals surface area contributed by atoms with Crippen LogP contribution in [0.5, 0.6) is 5.75 Å². The lowest BCUT2D eigenvalue weighted by Gasteiger charge is -2.20. The van der Waals surface area contributed by atoms with Crippen LogP contribution >= 0.6 is 23.2 Å². The minimum Gasteiger partial charge on any atom is -0.497 e. The number of benzene rings is 4. The lowest BCUT2D eigenvalue weighted by molar-refractivity contribution is 0.0935. The Labute approximate surface area is 225 Å². The van der Waals surface area contributed by atoms with Crippen LogP contribution in [0, 0.1) is 0 Å². The molecule has 5 nitrogen and oxygen atoms in total. The zero-order valence-electron chi connectivity index (χ0n) is 19.9. The summed E-state index contributed by atoms with van der Waals surface area (Å²) in [4.78, 5) is 13.9. The average Bonchev–Trinajstić information content (AvgIpc) is 3.40. The molecule has 1 heterocycles. The van der Waals surface area contributed by atoms with Gasteiger partial charge in [0.15, 0.2) is 0 Å². The molecule has 5 rings (SSSR count). The van der Waals surface area contributed by atoms with Gasteiger partial charge in [-0.25, -0.2) is 4.68 Å². The topological polar surface area (TPSA) is 56.1 Å². The number of methoxy groups -OCH3 is 1. The van der Waals surface area contributed by atoms with Gasteiger partial charge in [0, 0.05) is 5.56 Å². The van der Waals surface area contributed by atoms with E-state index in [0.717, 1.165) is 16.7 Å². The third kappa shape index (κ3) is 5.38. The summed E-state index contributed by atoms with van der Waals surface area (Å²) in [6.45, 7) is 0.